The first-order chi connectivity index (χ1) is 17.0. The second-order valence-corrected chi connectivity index (χ2v) is 7.62. The van der Waals surface area contributed by atoms with Crippen LogP contribution in [-0.2, 0) is 12.9 Å². The lowest BCUT2D eigenvalue weighted by atomic mass is 10.2. The summed E-state index contributed by atoms with van der Waals surface area (Å²) in [6, 6.07) is 16.0. The van der Waals surface area contributed by atoms with Gasteiger partial charge in [0.15, 0.2) is 18.0 Å². The highest BCUT2D eigenvalue weighted by Crippen LogP contribution is 2.31. The van der Waals surface area contributed by atoms with E-state index in [1.807, 2.05) is 30.3 Å². The van der Waals surface area contributed by atoms with Crippen LogP contribution in [0.3, 0.4) is 0 Å². The molecule has 35 heavy (non-hydrogen) atoms. The largest absolute Gasteiger partial charge is 0.471 e. The zero-order chi connectivity index (χ0) is 24.0. The fraction of sp³-hybridized carbons (Fsp3) is 0.0870. The number of hydrogen-bond donors (Lipinski definition) is 0. The van der Waals surface area contributed by atoms with Crippen molar-refractivity contribution in [2.75, 3.05) is 0 Å². The Morgan fingerprint density at radius 1 is 0.914 bits per heavy atom. The Morgan fingerprint density at radius 2 is 1.77 bits per heavy atom. The summed E-state index contributed by atoms with van der Waals surface area (Å²) >= 11 is 0. The quantitative estimate of drug-likeness (QED) is 0.367. The first-order valence-corrected chi connectivity index (χ1v) is 10.4. The minimum atomic E-state index is -4.44. The summed E-state index contributed by atoms with van der Waals surface area (Å²) in [5.41, 5.74) is 1.79. The highest BCUT2D eigenvalue weighted by molar-refractivity contribution is 5.89. The molecule has 4 heterocycles. The predicted molar refractivity (Wildman–Crippen MR) is 119 cm³/mol. The van der Waals surface area contributed by atoms with Crippen molar-refractivity contribution in [3.05, 3.63) is 84.9 Å². The van der Waals surface area contributed by atoms with Crippen LogP contribution in [0.4, 0.5) is 13.2 Å². The van der Waals surface area contributed by atoms with Crippen LogP contribution < -0.4 is 4.74 Å². The molecule has 0 aliphatic rings. The lowest BCUT2D eigenvalue weighted by molar-refractivity contribution is -0.137. The van der Waals surface area contributed by atoms with Crippen molar-refractivity contribution in [3.8, 4) is 23.0 Å². The maximum absolute atomic E-state index is 12.9. The lowest BCUT2D eigenvalue weighted by Crippen LogP contribution is -2.08. The van der Waals surface area contributed by atoms with Gasteiger partial charge in [0.25, 0.3) is 0 Å². The Hall–Kier alpha value is -4.74. The molecule has 0 bridgehead atoms. The summed E-state index contributed by atoms with van der Waals surface area (Å²) in [5.74, 6) is 0.455. The number of aromatic nitrogens is 8. The first kappa shape index (κ1) is 20.8. The van der Waals surface area contributed by atoms with Gasteiger partial charge in [0.05, 0.1) is 22.8 Å². The molecule has 0 atom stereocenters. The van der Waals surface area contributed by atoms with Gasteiger partial charge in [-0.1, -0.05) is 24.3 Å². The van der Waals surface area contributed by atoms with Crippen molar-refractivity contribution < 1.29 is 17.9 Å². The van der Waals surface area contributed by atoms with Crippen LogP contribution >= 0.6 is 0 Å². The fourth-order valence-corrected chi connectivity index (χ4v) is 3.64. The zero-order valence-corrected chi connectivity index (χ0v) is 17.8. The van der Waals surface area contributed by atoms with Gasteiger partial charge in [-0.25, -0.2) is 23.8 Å². The number of halogens is 3. The molecular formula is C23H15F3N8O. The van der Waals surface area contributed by atoms with Crippen molar-refractivity contribution in [1.82, 2.24) is 39.1 Å². The van der Waals surface area contributed by atoms with Crippen LogP contribution in [0.25, 0.3) is 33.9 Å². The van der Waals surface area contributed by atoms with Gasteiger partial charge in [-0.15, -0.1) is 5.10 Å². The SMILES string of the molecule is FC(F)(F)c1cccc(OCn2ccc(-c3nc4c5cnn(-c6ccccc6)c5ncn4n3)n2)c1. The van der Waals surface area contributed by atoms with E-state index in [-0.39, 0.29) is 12.5 Å². The van der Waals surface area contributed by atoms with Crippen molar-refractivity contribution in [1.29, 1.82) is 0 Å². The molecule has 6 rings (SSSR count). The van der Waals surface area contributed by atoms with E-state index in [4.69, 9.17) is 4.74 Å². The summed E-state index contributed by atoms with van der Waals surface area (Å²) in [6.45, 7) is -0.0790. The van der Waals surface area contributed by atoms with Gasteiger partial charge in [-0.05, 0) is 36.4 Å². The number of nitrogens with zero attached hydrogens (tertiary/aromatic N) is 8. The first-order valence-electron chi connectivity index (χ1n) is 10.4. The molecule has 9 nitrogen and oxygen atoms in total. The number of para-hydroxylation sites is 1. The van der Waals surface area contributed by atoms with E-state index >= 15 is 0 Å². The van der Waals surface area contributed by atoms with Crippen molar-refractivity contribution in [3.63, 3.8) is 0 Å². The van der Waals surface area contributed by atoms with Gasteiger partial charge in [0.2, 0.25) is 5.82 Å². The summed E-state index contributed by atoms with van der Waals surface area (Å²) in [7, 11) is 0. The van der Waals surface area contributed by atoms with Crippen LogP contribution in [0.1, 0.15) is 5.56 Å². The summed E-state index contributed by atoms with van der Waals surface area (Å²) in [4.78, 5) is 9.09. The number of alkyl halides is 3. The predicted octanol–water partition coefficient (Wildman–Crippen LogP) is 4.38. The minimum Gasteiger partial charge on any atom is -0.471 e. The molecule has 174 valence electrons. The Morgan fingerprint density at radius 3 is 2.60 bits per heavy atom. The van der Waals surface area contributed by atoms with E-state index in [0.717, 1.165) is 23.2 Å². The van der Waals surface area contributed by atoms with Gasteiger partial charge in [0.1, 0.15) is 17.8 Å². The Balaban J connectivity index is 1.26. The van der Waals surface area contributed by atoms with E-state index < -0.39 is 11.7 Å². The summed E-state index contributed by atoms with van der Waals surface area (Å²) in [5, 5.41) is 14.0. The van der Waals surface area contributed by atoms with Crippen molar-refractivity contribution in [2.24, 2.45) is 0 Å². The number of ether oxygens (including phenoxy) is 1. The average molecular weight is 476 g/mol. The molecule has 4 aromatic heterocycles. The second-order valence-electron chi connectivity index (χ2n) is 7.62. The Bertz CT molecular complexity index is 1650. The smallest absolute Gasteiger partial charge is 0.416 e. The number of fused-ring (bicyclic) bond motifs is 3. The minimum absolute atomic E-state index is 0.0790. The molecule has 0 spiro atoms. The van der Waals surface area contributed by atoms with Gasteiger partial charge in [-0.2, -0.15) is 23.4 Å². The summed E-state index contributed by atoms with van der Waals surface area (Å²) in [6.07, 6.45) is 0.439. The molecule has 2 aromatic carbocycles. The summed E-state index contributed by atoms with van der Waals surface area (Å²) < 4.78 is 48.9. The van der Waals surface area contributed by atoms with Crippen LogP contribution in [0.5, 0.6) is 5.75 Å². The Kier molecular flexibility index (Phi) is 4.73. The molecule has 0 aliphatic heterocycles. The van der Waals surface area contributed by atoms with Crippen LogP contribution in [0.15, 0.2) is 79.4 Å². The highest BCUT2D eigenvalue weighted by atomic mass is 19.4. The third-order valence-corrected chi connectivity index (χ3v) is 5.30. The molecule has 0 saturated heterocycles. The highest BCUT2D eigenvalue weighted by Gasteiger charge is 2.30. The topological polar surface area (TPSA) is 88.0 Å². The average Bonchev–Trinajstić information content (AvgIpc) is 3.60. The van der Waals surface area contributed by atoms with E-state index in [1.54, 1.807) is 34.0 Å². The van der Waals surface area contributed by atoms with Crippen LogP contribution in [0, 0.1) is 0 Å². The normalized spacial score (nSPS) is 12.0. The maximum atomic E-state index is 12.9. The number of benzene rings is 2. The molecule has 0 N–H and O–H groups in total. The van der Waals surface area contributed by atoms with Crippen molar-refractivity contribution in [2.45, 2.75) is 12.9 Å². The van der Waals surface area contributed by atoms with E-state index in [0.29, 0.717) is 22.8 Å². The molecule has 0 saturated carbocycles. The fourth-order valence-electron chi connectivity index (χ4n) is 3.64. The van der Waals surface area contributed by atoms with Gasteiger partial charge < -0.3 is 4.74 Å². The third kappa shape index (κ3) is 3.84. The number of hydrogen-bond acceptors (Lipinski definition) is 6. The maximum Gasteiger partial charge on any atom is 0.416 e. The molecule has 0 amide bonds. The molecule has 0 fully saturated rings. The van der Waals surface area contributed by atoms with Gasteiger partial charge in [-0.3, -0.25) is 0 Å². The molecular weight excluding hydrogens is 461 g/mol. The molecule has 0 radical (unpaired) electrons. The van der Waals surface area contributed by atoms with Crippen molar-refractivity contribution >= 4 is 16.7 Å². The van der Waals surface area contributed by atoms with Crippen LogP contribution in [0.2, 0.25) is 0 Å². The van der Waals surface area contributed by atoms with Crippen LogP contribution in [-0.4, -0.2) is 39.1 Å². The lowest BCUT2D eigenvalue weighted by Gasteiger charge is -2.10. The Labute approximate surface area is 195 Å². The second kappa shape index (κ2) is 7.94. The van der Waals surface area contributed by atoms with Gasteiger partial charge in [0, 0.05) is 6.20 Å². The molecule has 6 aromatic rings. The van der Waals surface area contributed by atoms with E-state index in [9.17, 15) is 13.2 Å². The molecule has 0 unspecified atom stereocenters. The van der Waals surface area contributed by atoms with Gasteiger partial charge >= 0.3 is 6.18 Å². The monoisotopic (exact) mass is 476 g/mol. The molecule has 12 heteroatoms. The standard InChI is InChI=1S/C23H15F3N8O/c24-23(25,26)15-5-4-8-17(11-15)35-14-32-10-9-19(30-32)20-29-22-18-12-28-34(16-6-2-1-3-7-16)21(18)27-13-33(22)31-20/h1-13H,14H2. The third-order valence-electron chi connectivity index (χ3n) is 5.30. The zero-order valence-electron chi connectivity index (χ0n) is 17.8. The van der Waals surface area contributed by atoms with E-state index in [1.165, 1.54) is 16.8 Å². The molecule has 0 aliphatic carbocycles. The van der Waals surface area contributed by atoms with E-state index in [2.05, 4.69) is 25.3 Å². The number of rotatable bonds is 5.